The van der Waals surface area contributed by atoms with E-state index in [4.69, 9.17) is 10.4 Å². The lowest BCUT2D eigenvalue weighted by molar-refractivity contribution is 0.158. The molecule has 1 unspecified atom stereocenters. The highest BCUT2D eigenvalue weighted by molar-refractivity contribution is 4.69. The van der Waals surface area contributed by atoms with Crippen LogP contribution >= 0.6 is 0 Å². The smallest absolute Gasteiger partial charge is 0.0621 e. The van der Waals surface area contributed by atoms with E-state index in [-0.39, 0.29) is 6.10 Å². The standard InChI is InChI=1S/C7H13NO/c1-2-7(9)5-3-4-6-8/h7,9H,2-5H2,1H3. The third-order valence-corrected chi connectivity index (χ3v) is 1.30. The maximum absolute atomic E-state index is 8.98. The summed E-state index contributed by atoms with van der Waals surface area (Å²) in [6.45, 7) is 1.94. The van der Waals surface area contributed by atoms with E-state index >= 15 is 0 Å². The fourth-order valence-electron chi connectivity index (χ4n) is 0.621. The van der Waals surface area contributed by atoms with Crippen LogP contribution in [0.1, 0.15) is 32.6 Å². The number of hydrogen-bond acceptors (Lipinski definition) is 2. The molecule has 0 saturated heterocycles. The number of aliphatic hydroxyl groups excluding tert-OH is 1. The van der Waals surface area contributed by atoms with Crippen LogP contribution in [0.5, 0.6) is 0 Å². The zero-order valence-electron chi connectivity index (χ0n) is 5.80. The van der Waals surface area contributed by atoms with Crippen LogP contribution in [0.15, 0.2) is 0 Å². The molecule has 1 atom stereocenters. The third kappa shape index (κ3) is 5.32. The Balaban J connectivity index is 2.99. The summed E-state index contributed by atoms with van der Waals surface area (Å²) < 4.78 is 0. The number of aliphatic hydroxyl groups is 1. The van der Waals surface area contributed by atoms with Crippen molar-refractivity contribution in [3.63, 3.8) is 0 Å². The molecule has 0 spiro atoms. The molecule has 0 heterocycles. The Hall–Kier alpha value is -0.550. The quantitative estimate of drug-likeness (QED) is 0.581. The first-order chi connectivity index (χ1) is 4.31. The van der Waals surface area contributed by atoms with Gasteiger partial charge in [0.25, 0.3) is 0 Å². The van der Waals surface area contributed by atoms with Crippen LogP contribution < -0.4 is 0 Å². The maximum Gasteiger partial charge on any atom is 0.0621 e. The minimum absolute atomic E-state index is 0.196. The molecular weight excluding hydrogens is 114 g/mol. The summed E-state index contributed by atoms with van der Waals surface area (Å²) in [5.41, 5.74) is 0. The summed E-state index contributed by atoms with van der Waals surface area (Å²) in [6, 6.07) is 2.04. The lowest BCUT2D eigenvalue weighted by atomic mass is 10.1. The minimum Gasteiger partial charge on any atom is -0.393 e. The van der Waals surface area contributed by atoms with E-state index in [1.807, 2.05) is 13.0 Å². The summed E-state index contributed by atoms with van der Waals surface area (Å²) in [4.78, 5) is 0. The van der Waals surface area contributed by atoms with E-state index in [9.17, 15) is 0 Å². The fraction of sp³-hybridized carbons (Fsp3) is 0.857. The Morgan fingerprint density at radius 2 is 2.33 bits per heavy atom. The second-order valence-corrected chi connectivity index (χ2v) is 2.11. The molecule has 0 saturated carbocycles. The molecular formula is C7H13NO. The summed E-state index contributed by atoms with van der Waals surface area (Å²) >= 11 is 0. The van der Waals surface area contributed by atoms with Crippen molar-refractivity contribution in [3.05, 3.63) is 0 Å². The Labute approximate surface area is 56.1 Å². The molecule has 0 bridgehead atoms. The molecule has 0 aromatic carbocycles. The molecule has 0 amide bonds. The number of hydrogen-bond donors (Lipinski definition) is 1. The largest absolute Gasteiger partial charge is 0.393 e. The molecule has 2 nitrogen and oxygen atoms in total. The van der Waals surface area contributed by atoms with Gasteiger partial charge in [-0.2, -0.15) is 5.26 Å². The first-order valence-electron chi connectivity index (χ1n) is 3.36. The second kappa shape index (κ2) is 5.58. The lowest BCUT2D eigenvalue weighted by Gasteiger charge is -2.03. The molecule has 0 aliphatic carbocycles. The average molecular weight is 127 g/mol. The van der Waals surface area contributed by atoms with E-state index in [0.717, 1.165) is 19.3 Å². The molecule has 0 radical (unpaired) electrons. The second-order valence-electron chi connectivity index (χ2n) is 2.11. The van der Waals surface area contributed by atoms with Gasteiger partial charge in [0.15, 0.2) is 0 Å². The van der Waals surface area contributed by atoms with Crippen LogP contribution in [0.3, 0.4) is 0 Å². The van der Waals surface area contributed by atoms with Gasteiger partial charge >= 0.3 is 0 Å². The van der Waals surface area contributed by atoms with E-state index in [1.54, 1.807) is 0 Å². The van der Waals surface area contributed by atoms with Gasteiger partial charge in [-0.25, -0.2) is 0 Å². The number of nitrogens with zero attached hydrogens (tertiary/aromatic N) is 1. The van der Waals surface area contributed by atoms with Crippen molar-refractivity contribution in [2.45, 2.75) is 38.7 Å². The topological polar surface area (TPSA) is 44.0 Å². The zero-order valence-corrected chi connectivity index (χ0v) is 5.80. The normalized spacial score (nSPS) is 12.6. The first kappa shape index (κ1) is 8.45. The molecule has 0 aromatic rings. The van der Waals surface area contributed by atoms with Crippen molar-refractivity contribution < 1.29 is 5.11 Å². The van der Waals surface area contributed by atoms with E-state index < -0.39 is 0 Å². The van der Waals surface area contributed by atoms with Crippen LogP contribution in [0.25, 0.3) is 0 Å². The number of unbranched alkanes of at least 4 members (excludes halogenated alkanes) is 1. The van der Waals surface area contributed by atoms with Gasteiger partial charge in [0.05, 0.1) is 12.2 Å². The Kier molecular flexibility index (Phi) is 5.24. The fourth-order valence-corrected chi connectivity index (χ4v) is 0.621. The van der Waals surface area contributed by atoms with Crippen LogP contribution in [-0.2, 0) is 0 Å². The number of nitriles is 1. The molecule has 0 rings (SSSR count). The molecule has 0 aromatic heterocycles. The van der Waals surface area contributed by atoms with Crippen molar-refractivity contribution >= 4 is 0 Å². The van der Waals surface area contributed by atoms with Crippen molar-refractivity contribution in [3.8, 4) is 6.07 Å². The average Bonchev–Trinajstić information content (AvgIpc) is 1.89. The van der Waals surface area contributed by atoms with Gasteiger partial charge in [-0.05, 0) is 19.3 Å². The van der Waals surface area contributed by atoms with Crippen LogP contribution in [0.4, 0.5) is 0 Å². The van der Waals surface area contributed by atoms with Crippen molar-refractivity contribution in [1.82, 2.24) is 0 Å². The summed E-state index contributed by atoms with van der Waals surface area (Å²) in [5, 5.41) is 17.1. The van der Waals surface area contributed by atoms with Crippen molar-refractivity contribution in [1.29, 1.82) is 5.26 Å². The van der Waals surface area contributed by atoms with Crippen LogP contribution in [0.2, 0.25) is 0 Å². The Morgan fingerprint density at radius 1 is 1.67 bits per heavy atom. The van der Waals surface area contributed by atoms with Gasteiger partial charge < -0.3 is 5.11 Å². The van der Waals surface area contributed by atoms with Gasteiger partial charge in [0, 0.05) is 6.42 Å². The monoisotopic (exact) mass is 127 g/mol. The van der Waals surface area contributed by atoms with Gasteiger partial charge in [-0.1, -0.05) is 6.92 Å². The van der Waals surface area contributed by atoms with E-state index in [2.05, 4.69) is 0 Å². The molecule has 0 aliphatic rings. The molecule has 9 heavy (non-hydrogen) atoms. The van der Waals surface area contributed by atoms with Gasteiger partial charge in [0.1, 0.15) is 0 Å². The summed E-state index contributed by atoms with van der Waals surface area (Å²) in [7, 11) is 0. The van der Waals surface area contributed by atoms with Crippen LogP contribution in [0, 0.1) is 11.3 Å². The predicted molar refractivity (Wildman–Crippen MR) is 35.8 cm³/mol. The SMILES string of the molecule is CCC(O)CCCC#N. The highest BCUT2D eigenvalue weighted by Gasteiger charge is 1.97. The van der Waals surface area contributed by atoms with Crippen molar-refractivity contribution in [2.24, 2.45) is 0 Å². The molecule has 2 heteroatoms. The summed E-state index contributed by atoms with van der Waals surface area (Å²) in [6.07, 6.45) is 2.76. The minimum atomic E-state index is -0.196. The van der Waals surface area contributed by atoms with Gasteiger partial charge in [0.2, 0.25) is 0 Å². The lowest BCUT2D eigenvalue weighted by Crippen LogP contribution is -2.02. The Morgan fingerprint density at radius 3 is 2.78 bits per heavy atom. The molecule has 1 N–H and O–H groups in total. The predicted octanol–water partition coefficient (Wildman–Crippen LogP) is 1.45. The van der Waals surface area contributed by atoms with Gasteiger partial charge in [-0.15, -0.1) is 0 Å². The molecule has 0 fully saturated rings. The number of rotatable bonds is 4. The zero-order chi connectivity index (χ0) is 7.11. The first-order valence-corrected chi connectivity index (χ1v) is 3.36. The van der Waals surface area contributed by atoms with E-state index in [1.165, 1.54) is 0 Å². The van der Waals surface area contributed by atoms with Crippen molar-refractivity contribution in [2.75, 3.05) is 0 Å². The highest BCUT2D eigenvalue weighted by atomic mass is 16.3. The molecule has 0 aliphatic heterocycles. The van der Waals surface area contributed by atoms with Gasteiger partial charge in [-0.3, -0.25) is 0 Å². The third-order valence-electron chi connectivity index (χ3n) is 1.30. The summed E-state index contributed by atoms with van der Waals surface area (Å²) in [5.74, 6) is 0. The Bertz CT molecular complexity index is 95.6. The molecule has 52 valence electrons. The maximum atomic E-state index is 8.98. The van der Waals surface area contributed by atoms with E-state index in [0.29, 0.717) is 6.42 Å². The van der Waals surface area contributed by atoms with Crippen LogP contribution in [-0.4, -0.2) is 11.2 Å². The highest BCUT2D eigenvalue weighted by Crippen LogP contribution is 2.02.